The number of hydrogen-bond acceptors (Lipinski definition) is 4. The first kappa shape index (κ1) is 39.8. The molecular formula is C62H44N2S2. The van der Waals surface area contributed by atoms with Gasteiger partial charge in [0.05, 0.1) is 0 Å². The Bertz CT molecular complexity index is 3430. The number of aryl methyl sites for hydroxylation is 2. The predicted molar refractivity (Wildman–Crippen MR) is 287 cm³/mol. The first-order valence-corrected chi connectivity index (χ1v) is 24.1. The lowest BCUT2D eigenvalue weighted by Gasteiger charge is -2.27. The first-order chi connectivity index (χ1) is 32.5. The number of rotatable bonds is 9. The summed E-state index contributed by atoms with van der Waals surface area (Å²) in [6, 6.07) is 84.8. The molecule has 0 saturated carbocycles. The Kier molecular flexibility index (Phi) is 10.0. The smallest absolute Gasteiger partial charge is 0.0468 e. The Hall–Kier alpha value is -7.76. The Morgan fingerprint density at radius 2 is 0.500 bits per heavy atom. The molecule has 0 amide bonds. The minimum Gasteiger partial charge on any atom is -0.310 e. The third-order valence-electron chi connectivity index (χ3n) is 12.8. The van der Waals surface area contributed by atoms with Crippen LogP contribution in [0.15, 0.2) is 231 Å². The van der Waals surface area contributed by atoms with E-state index >= 15 is 0 Å². The summed E-state index contributed by atoms with van der Waals surface area (Å²) in [6.07, 6.45) is 0. The van der Waals surface area contributed by atoms with E-state index in [1.54, 1.807) is 0 Å². The second kappa shape index (κ2) is 16.7. The second-order valence-electron chi connectivity index (χ2n) is 17.1. The van der Waals surface area contributed by atoms with E-state index in [1.165, 1.54) is 84.9 Å². The molecule has 0 saturated heterocycles. The first-order valence-electron chi connectivity index (χ1n) is 22.5. The number of nitrogens with zero attached hydrogens (tertiary/aromatic N) is 2. The van der Waals surface area contributed by atoms with Crippen LogP contribution in [-0.4, -0.2) is 0 Å². The monoisotopic (exact) mass is 880 g/mol. The van der Waals surface area contributed by atoms with E-state index in [1.807, 2.05) is 22.7 Å². The van der Waals surface area contributed by atoms with Gasteiger partial charge in [0, 0.05) is 74.5 Å². The van der Waals surface area contributed by atoms with Crippen molar-refractivity contribution in [3.63, 3.8) is 0 Å². The molecule has 0 unspecified atom stereocenters. The molecule has 4 heteroatoms. The normalized spacial score (nSPS) is 11.5. The minimum atomic E-state index is 1.11. The van der Waals surface area contributed by atoms with E-state index in [9.17, 15) is 0 Å². The molecule has 0 aliphatic carbocycles. The molecule has 0 fully saturated rings. The highest BCUT2D eigenvalue weighted by atomic mass is 32.1. The molecule has 12 aromatic rings. The van der Waals surface area contributed by atoms with Gasteiger partial charge in [0.25, 0.3) is 0 Å². The maximum atomic E-state index is 2.38. The summed E-state index contributed by atoms with van der Waals surface area (Å²) in [7, 11) is 0. The topological polar surface area (TPSA) is 6.48 Å². The van der Waals surface area contributed by atoms with Gasteiger partial charge in [0.2, 0.25) is 0 Å². The molecule has 2 aromatic heterocycles. The van der Waals surface area contributed by atoms with Crippen molar-refractivity contribution in [2.24, 2.45) is 0 Å². The third kappa shape index (κ3) is 7.40. The fourth-order valence-electron chi connectivity index (χ4n) is 9.30. The Labute approximate surface area is 393 Å². The zero-order valence-electron chi connectivity index (χ0n) is 36.7. The van der Waals surface area contributed by atoms with Gasteiger partial charge in [-0.3, -0.25) is 0 Å². The van der Waals surface area contributed by atoms with Crippen LogP contribution in [-0.2, 0) is 0 Å². The molecule has 0 radical (unpaired) electrons. The van der Waals surface area contributed by atoms with Crippen LogP contribution >= 0.6 is 22.7 Å². The lowest BCUT2D eigenvalue weighted by molar-refractivity contribution is 1.29. The molecule has 2 heterocycles. The van der Waals surface area contributed by atoms with E-state index in [0.29, 0.717) is 0 Å². The summed E-state index contributed by atoms with van der Waals surface area (Å²) in [5.74, 6) is 0. The van der Waals surface area contributed by atoms with Crippen LogP contribution in [0.25, 0.3) is 73.7 Å². The summed E-state index contributed by atoms with van der Waals surface area (Å²) >= 11 is 3.71. The van der Waals surface area contributed by atoms with Crippen molar-refractivity contribution >= 4 is 97.1 Å². The molecular weight excluding hydrogens is 837 g/mol. The highest BCUT2D eigenvalue weighted by molar-refractivity contribution is 7.26. The molecule has 66 heavy (non-hydrogen) atoms. The van der Waals surface area contributed by atoms with Gasteiger partial charge < -0.3 is 9.80 Å². The van der Waals surface area contributed by atoms with E-state index in [4.69, 9.17) is 0 Å². The average molecular weight is 881 g/mol. The Morgan fingerprint density at radius 3 is 0.818 bits per heavy atom. The molecule has 0 N–H and O–H groups in total. The molecule has 0 bridgehead atoms. The molecule has 314 valence electrons. The number of thiophene rings is 2. The van der Waals surface area contributed by atoms with Gasteiger partial charge in [-0.25, -0.2) is 0 Å². The van der Waals surface area contributed by atoms with Gasteiger partial charge in [-0.1, -0.05) is 145 Å². The zero-order chi connectivity index (χ0) is 44.1. The maximum Gasteiger partial charge on any atom is 0.0468 e. The molecule has 0 spiro atoms. The summed E-state index contributed by atoms with van der Waals surface area (Å²) < 4.78 is 5.22. The molecule has 12 rings (SSSR count). The number of benzene rings is 10. The van der Waals surface area contributed by atoms with Crippen molar-refractivity contribution in [2.75, 3.05) is 9.80 Å². The van der Waals surface area contributed by atoms with E-state index in [0.717, 1.165) is 34.1 Å². The van der Waals surface area contributed by atoms with Gasteiger partial charge in [-0.05, 0) is 144 Å². The standard InChI is InChI=1S/C62H44N2S2/c1-41-11-15-43(16-12-41)45-19-27-49(28-20-45)63(53-35-37-61-57(39-53)55-7-3-5-9-59(55)65-61)51-31-23-47(24-32-51)48-25-33-52(34-26-48)64(50-29-21-46(22-30-50)44-17-13-42(2)14-18-44)54-36-38-62-58(40-54)56-8-4-6-10-60(56)66-62/h3-40H,1-2H3. The average Bonchev–Trinajstić information content (AvgIpc) is 3.94. The van der Waals surface area contributed by atoms with Crippen LogP contribution < -0.4 is 9.80 Å². The van der Waals surface area contributed by atoms with E-state index in [-0.39, 0.29) is 0 Å². The van der Waals surface area contributed by atoms with Crippen LogP contribution in [0, 0.1) is 13.8 Å². The van der Waals surface area contributed by atoms with Crippen molar-refractivity contribution in [1.82, 2.24) is 0 Å². The van der Waals surface area contributed by atoms with Gasteiger partial charge in [0.15, 0.2) is 0 Å². The van der Waals surface area contributed by atoms with Gasteiger partial charge >= 0.3 is 0 Å². The fraction of sp³-hybridized carbons (Fsp3) is 0.0323. The predicted octanol–water partition coefficient (Wildman–Crippen LogP) is 19.0. The Balaban J connectivity index is 0.899. The SMILES string of the molecule is Cc1ccc(-c2ccc(N(c3ccc(-c4ccc(N(c5ccc(-c6ccc(C)cc6)cc5)c5ccc6sc7ccccc7c6c5)cc4)cc3)c3ccc4sc5ccccc5c4c3)cc2)cc1. The van der Waals surface area contributed by atoms with Crippen LogP contribution in [0.4, 0.5) is 34.1 Å². The second-order valence-corrected chi connectivity index (χ2v) is 19.3. The molecule has 0 atom stereocenters. The van der Waals surface area contributed by atoms with Gasteiger partial charge in [-0.15, -0.1) is 22.7 Å². The molecule has 0 aliphatic rings. The maximum absolute atomic E-state index is 2.38. The largest absolute Gasteiger partial charge is 0.310 e. The van der Waals surface area contributed by atoms with Crippen molar-refractivity contribution in [3.8, 4) is 33.4 Å². The molecule has 10 aromatic carbocycles. The quantitative estimate of drug-likeness (QED) is 0.143. The van der Waals surface area contributed by atoms with Gasteiger partial charge in [-0.2, -0.15) is 0 Å². The van der Waals surface area contributed by atoms with Gasteiger partial charge in [0.1, 0.15) is 0 Å². The fourth-order valence-corrected chi connectivity index (χ4v) is 11.5. The third-order valence-corrected chi connectivity index (χ3v) is 15.1. The van der Waals surface area contributed by atoms with Crippen LogP contribution in [0.2, 0.25) is 0 Å². The number of anilines is 6. The van der Waals surface area contributed by atoms with Crippen molar-refractivity contribution < 1.29 is 0 Å². The number of fused-ring (bicyclic) bond motifs is 6. The number of hydrogen-bond donors (Lipinski definition) is 0. The van der Waals surface area contributed by atoms with Crippen molar-refractivity contribution in [2.45, 2.75) is 13.8 Å². The van der Waals surface area contributed by atoms with E-state index in [2.05, 4.69) is 254 Å². The van der Waals surface area contributed by atoms with Crippen LogP contribution in [0.1, 0.15) is 11.1 Å². The lowest BCUT2D eigenvalue weighted by Crippen LogP contribution is -2.10. The van der Waals surface area contributed by atoms with Crippen LogP contribution in [0.5, 0.6) is 0 Å². The van der Waals surface area contributed by atoms with Crippen LogP contribution in [0.3, 0.4) is 0 Å². The molecule has 2 nitrogen and oxygen atoms in total. The van der Waals surface area contributed by atoms with E-state index < -0.39 is 0 Å². The van der Waals surface area contributed by atoms with Crippen molar-refractivity contribution in [3.05, 3.63) is 242 Å². The summed E-state index contributed by atoms with van der Waals surface area (Å²) in [5.41, 5.74) is 16.4. The summed E-state index contributed by atoms with van der Waals surface area (Å²) in [4.78, 5) is 4.76. The summed E-state index contributed by atoms with van der Waals surface area (Å²) in [6.45, 7) is 4.27. The Morgan fingerprint density at radius 1 is 0.242 bits per heavy atom. The summed E-state index contributed by atoms with van der Waals surface area (Å²) in [5, 5.41) is 5.16. The minimum absolute atomic E-state index is 1.11. The highest BCUT2D eigenvalue weighted by Crippen LogP contribution is 2.44. The lowest BCUT2D eigenvalue weighted by atomic mass is 10.0. The zero-order valence-corrected chi connectivity index (χ0v) is 38.3. The molecule has 0 aliphatic heterocycles. The highest BCUT2D eigenvalue weighted by Gasteiger charge is 2.18. The van der Waals surface area contributed by atoms with Crippen molar-refractivity contribution in [1.29, 1.82) is 0 Å².